The van der Waals surface area contributed by atoms with Crippen LogP contribution in [0.25, 0.3) is 11.0 Å². The molecular weight excluding hydrogens is 327 g/mol. The number of carboxylic acid groups (broad SMARTS) is 1. The lowest BCUT2D eigenvalue weighted by Crippen LogP contribution is -1.97. The average Bonchev–Trinajstić information content (AvgIpc) is 2.89. The molecule has 7 heteroatoms. The number of benzene rings is 2. The summed E-state index contributed by atoms with van der Waals surface area (Å²) in [6, 6.07) is 10.5. The van der Waals surface area contributed by atoms with E-state index in [-0.39, 0.29) is 5.82 Å². The Morgan fingerprint density at radius 1 is 1.23 bits per heavy atom. The summed E-state index contributed by atoms with van der Waals surface area (Å²) in [5, 5.41) is 9.96. The van der Waals surface area contributed by atoms with Crippen molar-refractivity contribution >= 4 is 40.2 Å². The molecule has 0 bridgehead atoms. The van der Waals surface area contributed by atoms with Gasteiger partial charge in [0.05, 0.1) is 16.1 Å². The predicted molar refractivity (Wildman–Crippen MR) is 83.8 cm³/mol. The van der Waals surface area contributed by atoms with Crippen molar-refractivity contribution in [3.05, 3.63) is 57.8 Å². The van der Waals surface area contributed by atoms with Crippen LogP contribution in [0.5, 0.6) is 5.75 Å². The van der Waals surface area contributed by atoms with E-state index in [9.17, 15) is 4.79 Å². The molecule has 0 aliphatic heterocycles. The highest BCUT2D eigenvalue weighted by molar-refractivity contribution is 6.32. The lowest BCUT2D eigenvalue weighted by molar-refractivity contribution is 0.0685. The quantitative estimate of drug-likeness (QED) is 0.750. The molecular formula is C15H10Cl2N2O3. The van der Waals surface area contributed by atoms with E-state index in [1.54, 1.807) is 24.3 Å². The molecule has 0 aliphatic rings. The normalized spacial score (nSPS) is 10.8. The van der Waals surface area contributed by atoms with E-state index in [0.29, 0.717) is 33.4 Å². The van der Waals surface area contributed by atoms with E-state index < -0.39 is 5.97 Å². The van der Waals surface area contributed by atoms with E-state index in [1.165, 1.54) is 0 Å². The molecule has 0 saturated heterocycles. The zero-order valence-electron chi connectivity index (χ0n) is 11.1. The van der Waals surface area contributed by atoms with Gasteiger partial charge in [0.1, 0.15) is 12.4 Å². The van der Waals surface area contributed by atoms with Crippen LogP contribution in [0.4, 0.5) is 0 Å². The molecule has 0 fully saturated rings. The lowest BCUT2D eigenvalue weighted by Gasteiger charge is -2.08. The lowest BCUT2D eigenvalue weighted by atomic mass is 10.2. The van der Waals surface area contributed by atoms with Gasteiger partial charge in [-0.25, -0.2) is 9.78 Å². The van der Waals surface area contributed by atoms with Crippen LogP contribution in [0.1, 0.15) is 16.2 Å². The molecule has 0 aliphatic carbocycles. The molecule has 1 heterocycles. The zero-order valence-corrected chi connectivity index (χ0v) is 12.6. The third-order valence-electron chi connectivity index (χ3n) is 3.05. The number of nitrogens with zero attached hydrogens (tertiary/aromatic N) is 1. The number of carboxylic acids is 1. The first kappa shape index (κ1) is 14.7. The van der Waals surface area contributed by atoms with E-state index in [0.717, 1.165) is 5.56 Å². The Balaban J connectivity index is 1.85. The number of nitrogens with one attached hydrogen (secondary N) is 1. The highest BCUT2D eigenvalue weighted by Gasteiger charge is 2.12. The number of hydrogen-bond donors (Lipinski definition) is 2. The van der Waals surface area contributed by atoms with Gasteiger partial charge in [-0.15, -0.1) is 0 Å². The van der Waals surface area contributed by atoms with Gasteiger partial charge >= 0.3 is 5.97 Å². The van der Waals surface area contributed by atoms with Crippen LogP contribution in [0.2, 0.25) is 10.0 Å². The van der Waals surface area contributed by atoms with Gasteiger partial charge < -0.3 is 14.8 Å². The van der Waals surface area contributed by atoms with Crippen molar-refractivity contribution in [2.75, 3.05) is 0 Å². The summed E-state index contributed by atoms with van der Waals surface area (Å²) in [5.74, 6) is -0.829. The Bertz CT molecular complexity index is 844. The molecule has 2 aromatic carbocycles. The van der Waals surface area contributed by atoms with Crippen molar-refractivity contribution in [3.63, 3.8) is 0 Å². The van der Waals surface area contributed by atoms with Crippen LogP contribution in [0.15, 0.2) is 36.4 Å². The van der Waals surface area contributed by atoms with Gasteiger partial charge in [-0.1, -0.05) is 35.3 Å². The van der Waals surface area contributed by atoms with Gasteiger partial charge in [-0.05, 0) is 23.8 Å². The molecule has 2 N–H and O–H groups in total. The summed E-state index contributed by atoms with van der Waals surface area (Å²) in [6.45, 7) is 0.318. The van der Waals surface area contributed by atoms with Crippen molar-refractivity contribution in [2.45, 2.75) is 6.61 Å². The maximum absolute atomic E-state index is 10.9. The number of rotatable bonds is 4. The van der Waals surface area contributed by atoms with Crippen molar-refractivity contribution in [2.24, 2.45) is 0 Å². The molecule has 0 saturated carbocycles. The highest BCUT2D eigenvalue weighted by atomic mass is 35.5. The number of aromatic nitrogens is 2. The molecule has 3 rings (SSSR count). The fourth-order valence-corrected chi connectivity index (χ4v) is 2.31. The Hall–Kier alpha value is -2.24. The van der Waals surface area contributed by atoms with Gasteiger partial charge in [0.2, 0.25) is 5.82 Å². The van der Waals surface area contributed by atoms with Gasteiger partial charge in [0, 0.05) is 11.1 Å². The second-order valence-electron chi connectivity index (χ2n) is 4.61. The summed E-state index contributed by atoms with van der Waals surface area (Å²) in [7, 11) is 0. The minimum atomic E-state index is -1.13. The third-order valence-corrected chi connectivity index (χ3v) is 3.59. The number of hydrogen-bond acceptors (Lipinski definition) is 3. The molecule has 22 heavy (non-hydrogen) atoms. The average molecular weight is 337 g/mol. The largest absolute Gasteiger partial charge is 0.487 e. The van der Waals surface area contributed by atoms with Crippen molar-refractivity contribution in [1.82, 2.24) is 9.97 Å². The first-order valence-corrected chi connectivity index (χ1v) is 7.08. The number of H-pyrrole nitrogens is 1. The topological polar surface area (TPSA) is 75.2 Å². The zero-order chi connectivity index (χ0) is 15.7. The minimum absolute atomic E-state index is 0.138. The fraction of sp³-hybridized carbons (Fsp3) is 0.0667. The fourth-order valence-electron chi connectivity index (χ4n) is 1.96. The second-order valence-corrected chi connectivity index (χ2v) is 5.45. The number of ether oxygens (including phenoxy) is 1. The molecule has 0 spiro atoms. The second kappa shape index (κ2) is 5.87. The maximum atomic E-state index is 10.9. The molecule has 5 nitrogen and oxygen atoms in total. The van der Waals surface area contributed by atoms with Crippen LogP contribution >= 0.6 is 23.2 Å². The highest BCUT2D eigenvalue weighted by Crippen LogP contribution is 2.30. The summed E-state index contributed by atoms with van der Waals surface area (Å²) >= 11 is 12.0. The predicted octanol–water partition coefficient (Wildman–Crippen LogP) is 4.15. The van der Waals surface area contributed by atoms with Crippen molar-refractivity contribution in [3.8, 4) is 5.75 Å². The van der Waals surface area contributed by atoms with Crippen LogP contribution in [0.3, 0.4) is 0 Å². The van der Waals surface area contributed by atoms with Crippen molar-refractivity contribution in [1.29, 1.82) is 0 Å². The first-order chi connectivity index (χ1) is 10.5. The van der Waals surface area contributed by atoms with E-state index in [4.69, 9.17) is 33.0 Å². The maximum Gasteiger partial charge on any atom is 0.371 e. The van der Waals surface area contributed by atoms with Gasteiger partial charge in [-0.3, -0.25) is 0 Å². The summed E-state index contributed by atoms with van der Waals surface area (Å²) in [6.07, 6.45) is 0. The van der Waals surface area contributed by atoms with Crippen LogP contribution in [0, 0.1) is 0 Å². The van der Waals surface area contributed by atoms with E-state index >= 15 is 0 Å². The molecule has 0 amide bonds. The number of aromatic amines is 1. The SMILES string of the molecule is O=C(O)c1nc2cc(OCc3ccc(Cl)cc3)c(Cl)cc2[nH]1. The first-order valence-electron chi connectivity index (χ1n) is 6.33. The Labute approximate surface area is 135 Å². The van der Waals surface area contributed by atoms with Crippen LogP contribution < -0.4 is 4.74 Å². The monoisotopic (exact) mass is 336 g/mol. The van der Waals surface area contributed by atoms with Gasteiger partial charge in [0.15, 0.2) is 0 Å². The Kier molecular flexibility index (Phi) is 3.92. The smallest absolute Gasteiger partial charge is 0.371 e. The molecule has 0 radical (unpaired) electrons. The molecule has 3 aromatic rings. The van der Waals surface area contributed by atoms with Gasteiger partial charge in [-0.2, -0.15) is 0 Å². The Morgan fingerprint density at radius 3 is 2.64 bits per heavy atom. The van der Waals surface area contributed by atoms with Crippen LogP contribution in [-0.4, -0.2) is 21.0 Å². The number of fused-ring (bicyclic) bond motifs is 1. The number of carbonyl (C=O) groups is 1. The minimum Gasteiger partial charge on any atom is -0.487 e. The molecule has 1 aromatic heterocycles. The van der Waals surface area contributed by atoms with E-state index in [1.807, 2.05) is 12.1 Å². The van der Waals surface area contributed by atoms with Crippen molar-refractivity contribution < 1.29 is 14.6 Å². The molecule has 0 unspecified atom stereocenters. The number of halogens is 2. The number of imidazole rings is 1. The van der Waals surface area contributed by atoms with E-state index in [2.05, 4.69) is 9.97 Å². The standard InChI is InChI=1S/C15H10Cl2N2O3/c16-9-3-1-8(2-4-9)7-22-13-6-12-11(5-10(13)17)18-14(19-12)15(20)21/h1-6H,7H2,(H,18,19)(H,20,21). The third kappa shape index (κ3) is 3.00. The van der Waals surface area contributed by atoms with Crippen LogP contribution in [-0.2, 0) is 6.61 Å². The number of aromatic carboxylic acids is 1. The summed E-state index contributed by atoms with van der Waals surface area (Å²) in [4.78, 5) is 17.6. The summed E-state index contributed by atoms with van der Waals surface area (Å²) < 4.78 is 5.66. The molecule has 0 atom stereocenters. The Morgan fingerprint density at radius 2 is 1.95 bits per heavy atom. The molecule has 112 valence electrons. The van der Waals surface area contributed by atoms with Gasteiger partial charge in [0.25, 0.3) is 0 Å². The summed E-state index contributed by atoms with van der Waals surface area (Å²) in [5.41, 5.74) is 1.96.